The molecular weight excluding hydrogens is 484 g/mol. The SMILES string of the molecule is [N-]=[N+]=NCCOCCOCCOCCOCCOCCOCCOCCC(=O)ON1C(=O)CCC1=O. The first kappa shape index (κ1) is 31.7. The number of carbonyl (C=O) groups is 3. The van der Waals surface area contributed by atoms with E-state index in [0.717, 1.165) is 0 Å². The van der Waals surface area contributed by atoms with Gasteiger partial charge < -0.3 is 38.0 Å². The summed E-state index contributed by atoms with van der Waals surface area (Å²) in [5.74, 6) is -1.72. The van der Waals surface area contributed by atoms with Gasteiger partial charge in [0.1, 0.15) is 0 Å². The van der Waals surface area contributed by atoms with Crippen molar-refractivity contribution in [3.8, 4) is 0 Å². The summed E-state index contributed by atoms with van der Waals surface area (Å²) in [6.45, 7) is 5.84. The molecule has 1 aliphatic heterocycles. The van der Waals surface area contributed by atoms with Gasteiger partial charge in [0.25, 0.3) is 11.8 Å². The molecule has 0 aromatic carbocycles. The van der Waals surface area contributed by atoms with E-state index < -0.39 is 17.8 Å². The lowest BCUT2D eigenvalue weighted by atomic mass is 10.4. The van der Waals surface area contributed by atoms with E-state index in [4.69, 9.17) is 43.5 Å². The summed E-state index contributed by atoms with van der Waals surface area (Å²) in [7, 11) is 0. The van der Waals surface area contributed by atoms with Gasteiger partial charge in [-0.05, 0) is 5.53 Å². The molecule has 0 aromatic heterocycles. The van der Waals surface area contributed by atoms with Crippen LogP contribution >= 0.6 is 0 Å². The second kappa shape index (κ2) is 23.1. The molecule has 0 saturated carbocycles. The van der Waals surface area contributed by atoms with Crippen molar-refractivity contribution in [2.45, 2.75) is 19.3 Å². The minimum Gasteiger partial charge on any atom is -0.379 e. The number of azide groups is 1. The largest absolute Gasteiger partial charge is 0.379 e. The van der Waals surface area contributed by atoms with Crippen LogP contribution in [-0.2, 0) is 52.4 Å². The summed E-state index contributed by atoms with van der Waals surface area (Å²) in [5.41, 5.74) is 8.10. The monoisotopic (exact) mass is 520 g/mol. The van der Waals surface area contributed by atoms with E-state index in [9.17, 15) is 14.4 Å². The second-order valence-electron chi connectivity index (χ2n) is 7.04. The Bertz CT molecular complexity index is 646. The molecule has 206 valence electrons. The number of hydroxylamine groups is 2. The van der Waals surface area contributed by atoms with Crippen LogP contribution < -0.4 is 0 Å². The zero-order valence-corrected chi connectivity index (χ0v) is 20.5. The fourth-order valence-electron chi connectivity index (χ4n) is 2.53. The molecule has 15 nitrogen and oxygen atoms in total. The first-order valence-electron chi connectivity index (χ1n) is 11.8. The molecule has 0 atom stereocenters. The van der Waals surface area contributed by atoms with E-state index in [1.165, 1.54) is 0 Å². The Morgan fingerprint density at radius 2 is 1.03 bits per heavy atom. The predicted molar refractivity (Wildman–Crippen MR) is 122 cm³/mol. The summed E-state index contributed by atoms with van der Waals surface area (Å²) < 4.78 is 37.2. The molecular formula is C21H36N4O11. The molecule has 1 fully saturated rings. The maximum atomic E-state index is 11.6. The average molecular weight is 521 g/mol. The molecule has 36 heavy (non-hydrogen) atoms. The van der Waals surface area contributed by atoms with Crippen LogP contribution in [0.1, 0.15) is 19.3 Å². The molecule has 2 amide bonds. The summed E-state index contributed by atoms with van der Waals surface area (Å²) in [6, 6.07) is 0. The van der Waals surface area contributed by atoms with Gasteiger partial charge in [-0.25, -0.2) is 4.79 Å². The van der Waals surface area contributed by atoms with Gasteiger partial charge in [0.2, 0.25) is 0 Å². The van der Waals surface area contributed by atoms with Gasteiger partial charge in [0.15, 0.2) is 0 Å². The Balaban J connectivity index is 1.71. The van der Waals surface area contributed by atoms with E-state index in [2.05, 4.69) is 10.0 Å². The zero-order chi connectivity index (χ0) is 26.1. The molecule has 1 aliphatic rings. The van der Waals surface area contributed by atoms with Crippen molar-refractivity contribution in [3.05, 3.63) is 10.4 Å². The Kier molecular flexibility index (Phi) is 20.3. The molecule has 0 radical (unpaired) electrons. The van der Waals surface area contributed by atoms with Gasteiger partial charge in [-0.3, -0.25) is 9.59 Å². The van der Waals surface area contributed by atoms with Crippen LogP contribution in [0.15, 0.2) is 5.11 Å². The van der Waals surface area contributed by atoms with Crippen LogP contribution in [-0.4, -0.2) is 122 Å². The Morgan fingerprint density at radius 3 is 1.42 bits per heavy atom. The highest BCUT2D eigenvalue weighted by Crippen LogP contribution is 2.12. The topological polar surface area (TPSA) is 177 Å². The number of ether oxygens (including phenoxy) is 7. The average Bonchev–Trinajstić information content (AvgIpc) is 3.18. The lowest BCUT2D eigenvalue weighted by Crippen LogP contribution is -2.32. The Hall–Kier alpha value is -2.36. The van der Waals surface area contributed by atoms with Crippen molar-refractivity contribution in [2.75, 3.05) is 99.0 Å². The standard InChI is InChI=1S/C21H36N4O11/c22-24-23-4-6-30-8-10-32-12-14-34-16-18-35-17-15-33-13-11-31-9-7-29-5-3-21(28)36-25-19(26)1-2-20(25)27/h1-18H2. The zero-order valence-electron chi connectivity index (χ0n) is 20.5. The Labute approximate surface area is 209 Å². The van der Waals surface area contributed by atoms with Crippen molar-refractivity contribution >= 4 is 17.8 Å². The van der Waals surface area contributed by atoms with Crippen molar-refractivity contribution in [2.24, 2.45) is 5.11 Å². The van der Waals surface area contributed by atoms with Crippen LogP contribution in [0.2, 0.25) is 0 Å². The van der Waals surface area contributed by atoms with E-state index in [1.807, 2.05) is 0 Å². The molecule has 0 bridgehead atoms. The van der Waals surface area contributed by atoms with Gasteiger partial charge in [-0.1, -0.05) is 5.11 Å². The van der Waals surface area contributed by atoms with Crippen LogP contribution in [0.4, 0.5) is 0 Å². The number of amides is 2. The Morgan fingerprint density at radius 1 is 0.667 bits per heavy atom. The quantitative estimate of drug-likeness (QED) is 0.0535. The van der Waals surface area contributed by atoms with Gasteiger partial charge in [0.05, 0.1) is 98.9 Å². The molecule has 0 aromatic rings. The van der Waals surface area contributed by atoms with Gasteiger partial charge in [-0.2, -0.15) is 0 Å². The highest BCUT2D eigenvalue weighted by atomic mass is 16.7. The molecule has 0 spiro atoms. The van der Waals surface area contributed by atoms with Crippen LogP contribution in [0.3, 0.4) is 0 Å². The van der Waals surface area contributed by atoms with Crippen LogP contribution in [0.5, 0.6) is 0 Å². The number of carbonyl (C=O) groups excluding carboxylic acids is 3. The molecule has 15 heteroatoms. The summed E-state index contributed by atoms with van der Waals surface area (Å²) >= 11 is 0. The maximum absolute atomic E-state index is 11.6. The first-order chi connectivity index (χ1) is 17.6. The van der Waals surface area contributed by atoms with Gasteiger partial charge in [-0.15, -0.1) is 5.06 Å². The van der Waals surface area contributed by atoms with Crippen molar-refractivity contribution in [1.82, 2.24) is 5.06 Å². The van der Waals surface area contributed by atoms with Crippen molar-refractivity contribution < 1.29 is 52.4 Å². The molecule has 0 N–H and O–H groups in total. The van der Waals surface area contributed by atoms with E-state index in [0.29, 0.717) is 90.9 Å². The number of hydrogen-bond acceptors (Lipinski definition) is 12. The highest BCUT2D eigenvalue weighted by molar-refractivity contribution is 6.01. The van der Waals surface area contributed by atoms with Crippen molar-refractivity contribution in [1.29, 1.82) is 0 Å². The first-order valence-corrected chi connectivity index (χ1v) is 11.8. The third kappa shape index (κ3) is 18.0. The molecule has 0 aliphatic carbocycles. The number of imide groups is 1. The summed E-state index contributed by atoms with van der Waals surface area (Å²) in [6.07, 6.45) is 0.0476. The van der Waals surface area contributed by atoms with Crippen molar-refractivity contribution in [3.63, 3.8) is 0 Å². The summed E-state index contributed by atoms with van der Waals surface area (Å²) in [5, 5.41) is 3.87. The van der Waals surface area contributed by atoms with E-state index >= 15 is 0 Å². The third-order valence-corrected chi connectivity index (χ3v) is 4.28. The summed E-state index contributed by atoms with van der Waals surface area (Å²) in [4.78, 5) is 41.6. The lowest BCUT2D eigenvalue weighted by Gasteiger charge is -2.12. The highest BCUT2D eigenvalue weighted by Gasteiger charge is 2.32. The molecule has 0 unspecified atom stereocenters. The van der Waals surface area contributed by atoms with Crippen LogP contribution in [0, 0.1) is 0 Å². The van der Waals surface area contributed by atoms with Gasteiger partial charge in [0, 0.05) is 24.3 Å². The molecule has 1 saturated heterocycles. The third-order valence-electron chi connectivity index (χ3n) is 4.28. The minimum absolute atomic E-state index is 0.0602. The number of hydrogen-bond donors (Lipinski definition) is 0. The second-order valence-corrected chi connectivity index (χ2v) is 7.04. The maximum Gasteiger partial charge on any atom is 0.335 e. The smallest absolute Gasteiger partial charge is 0.335 e. The predicted octanol–water partition coefficient (Wildman–Crippen LogP) is 0.410. The molecule has 1 heterocycles. The normalized spacial score (nSPS) is 13.3. The van der Waals surface area contributed by atoms with Gasteiger partial charge >= 0.3 is 5.97 Å². The number of rotatable bonds is 25. The van der Waals surface area contributed by atoms with E-state index in [1.54, 1.807) is 0 Å². The fraction of sp³-hybridized carbons (Fsp3) is 0.857. The fourth-order valence-corrected chi connectivity index (χ4v) is 2.53. The minimum atomic E-state index is -0.700. The van der Waals surface area contributed by atoms with Crippen LogP contribution in [0.25, 0.3) is 10.4 Å². The van der Waals surface area contributed by atoms with E-state index in [-0.39, 0.29) is 32.5 Å². The lowest BCUT2D eigenvalue weighted by molar-refractivity contribution is -0.198. The molecule has 1 rings (SSSR count). The number of nitrogens with zero attached hydrogens (tertiary/aromatic N) is 4.